The van der Waals surface area contributed by atoms with Crippen molar-refractivity contribution in [3.8, 4) is 5.75 Å². The summed E-state index contributed by atoms with van der Waals surface area (Å²) in [5.74, 6) is 0.381. The fourth-order valence-electron chi connectivity index (χ4n) is 4.05. The molecule has 2 saturated heterocycles. The van der Waals surface area contributed by atoms with Gasteiger partial charge in [-0.25, -0.2) is 4.79 Å². The van der Waals surface area contributed by atoms with E-state index in [2.05, 4.69) is 27.2 Å². The molecule has 0 spiro atoms. The van der Waals surface area contributed by atoms with Crippen LogP contribution in [0.1, 0.15) is 5.56 Å². The summed E-state index contributed by atoms with van der Waals surface area (Å²) in [6, 6.07) is 17.4. The van der Waals surface area contributed by atoms with E-state index in [1.165, 1.54) is 5.69 Å². The number of nitrogens with one attached hydrogen (secondary N) is 1. The lowest BCUT2D eigenvalue weighted by Gasteiger charge is -2.37. The predicted octanol–water partition coefficient (Wildman–Crippen LogP) is 2.08. The van der Waals surface area contributed by atoms with Gasteiger partial charge in [0.05, 0.1) is 19.6 Å². The van der Waals surface area contributed by atoms with E-state index >= 15 is 0 Å². The maximum absolute atomic E-state index is 12.2. The highest BCUT2D eigenvalue weighted by atomic mass is 16.6. The Labute approximate surface area is 188 Å². The van der Waals surface area contributed by atoms with Crippen LogP contribution in [0.4, 0.5) is 10.5 Å². The minimum Gasteiger partial charge on any atom is -0.497 e. The molecular formula is C24H29N3O5. The van der Waals surface area contributed by atoms with Crippen molar-refractivity contribution in [1.82, 2.24) is 10.2 Å². The molecule has 1 N–H and O–H groups in total. The van der Waals surface area contributed by atoms with E-state index in [9.17, 15) is 9.59 Å². The predicted molar refractivity (Wildman–Crippen MR) is 120 cm³/mol. The Morgan fingerprint density at radius 3 is 2.47 bits per heavy atom. The molecule has 0 aromatic heterocycles. The summed E-state index contributed by atoms with van der Waals surface area (Å²) < 4.78 is 15.9. The number of esters is 1. The maximum Gasteiger partial charge on any atom is 0.408 e. The average Bonchev–Trinajstić information content (AvgIpc) is 3.18. The molecule has 8 heteroatoms. The molecule has 2 aliphatic rings. The molecule has 0 aliphatic carbocycles. The molecule has 0 saturated carbocycles. The minimum absolute atomic E-state index is 0.0440. The second kappa shape index (κ2) is 10.4. The zero-order valence-electron chi connectivity index (χ0n) is 18.2. The largest absolute Gasteiger partial charge is 0.497 e. The number of anilines is 1. The Hall–Kier alpha value is -3.26. The van der Waals surface area contributed by atoms with Gasteiger partial charge in [0.2, 0.25) is 0 Å². The van der Waals surface area contributed by atoms with E-state index in [-0.39, 0.29) is 25.0 Å². The minimum atomic E-state index is -0.491. The number of benzene rings is 2. The summed E-state index contributed by atoms with van der Waals surface area (Å²) in [7, 11) is 1.60. The number of carbonyl (C=O) groups excluding carboxylic acids is 2. The number of hydrogen-bond acceptors (Lipinski definition) is 7. The average molecular weight is 440 g/mol. The number of piperazine rings is 1. The van der Waals surface area contributed by atoms with E-state index in [1.54, 1.807) is 19.2 Å². The van der Waals surface area contributed by atoms with Gasteiger partial charge in [0.1, 0.15) is 12.4 Å². The van der Waals surface area contributed by atoms with Crippen LogP contribution in [-0.4, -0.2) is 75.5 Å². The summed E-state index contributed by atoms with van der Waals surface area (Å²) in [6.45, 7) is 4.34. The first-order valence-electron chi connectivity index (χ1n) is 10.9. The fourth-order valence-corrected chi connectivity index (χ4v) is 4.05. The Kier molecular flexibility index (Phi) is 7.11. The molecule has 1 amide bonds. The van der Waals surface area contributed by atoms with Gasteiger partial charge in [-0.1, -0.05) is 30.3 Å². The van der Waals surface area contributed by atoms with Gasteiger partial charge in [0.15, 0.2) is 6.10 Å². The van der Waals surface area contributed by atoms with Crippen LogP contribution in [0, 0.1) is 0 Å². The molecule has 8 nitrogen and oxygen atoms in total. The molecule has 0 bridgehead atoms. The number of carbonyl (C=O) groups is 2. The third-order valence-corrected chi connectivity index (χ3v) is 5.88. The Morgan fingerprint density at radius 1 is 1.06 bits per heavy atom. The number of methoxy groups -OCH3 is 1. The molecule has 2 atom stereocenters. The summed E-state index contributed by atoms with van der Waals surface area (Å²) in [5, 5.41) is 2.86. The van der Waals surface area contributed by atoms with Crippen molar-refractivity contribution >= 4 is 17.7 Å². The molecule has 2 aromatic carbocycles. The van der Waals surface area contributed by atoms with Crippen LogP contribution in [0.15, 0.2) is 54.6 Å². The highest BCUT2D eigenvalue weighted by Crippen LogP contribution is 2.18. The lowest BCUT2D eigenvalue weighted by molar-refractivity contribution is -0.145. The topological polar surface area (TPSA) is 80.3 Å². The van der Waals surface area contributed by atoms with Crippen molar-refractivity contribution in [2.75, 3.05) is 51.3 Å². The Bertz CT molecular complexity index is 898. The number of rotatable bonds is 8. The quantitative estimate of drug-likeness (QED) is 0.631. The second-order valence-electron chi connectivity index (χ2n) is 8.03. The monoisotopic (exact) mass is 439 g/mol. The molecule has 0 radical (unpaired) electrons. The van der Waals surface area contributed by atoms with Crippen molar-refractivity contribution in [3.05, 3.63) is 60.2 Å². The van der Waals surface area contributed by atoms with Crippen molar-refractivity contribution in [2.45, 2.75) is 18.6 Å². The number of para-hydroxylation sites is 1. The molecule has 2 aromatic rings. The Morgan fingerprint density at radius 2 is 1.78 bits per heavy atom. The Balaban J connectivity index is 1.23. The summed E-state index contributed by atoms with van der Waals surface area (Å²) in [5.41, 5.74) is 2.07. The van der Waals surface area contributed by atoms with Gasteiger partial charge in [-0.15, -0.1) is 0 Å². The van der Waals surface area contributed by atoms with Crippen molar-refractivity contribution < 1.29 is 23.8 Å². The van der Waals surface area contributed by atoms with Gasteiger partial charge in [0.25, 0.3) is 0 Å². The molecule has 32 heavy (non-hydrogen) atoms. The van der Waals surface area contributed by atoms with E-state index in [4.69, 9.17) is 14.2 Å². The standard InChI is InChI=1S/C24H29N3O5/c1-30-20-9-7-18(8-10-20)15-23(28)31-17-22-21(25-24(29)32-22)16-26-11-13-27(14-12-26)19-5-3-2-4-6-19/h2-10,21-22H,11-17H2,1H3,(H,25,29)/t21-,22-/m1/s1. The van der Waals surface area contributed by atoms with Crippen molar-refractivity contribution in [1.29, 1.82) is 0 Å². The summed E-state index contributed by atoms with van der Waals surface area (Å²) >= 11 is 0. The second-order valence-corrected chi connectivity index (χ2v) is 8.03. The van der Waals surface area contributed by atoms with Crippen molar-refractivity contribution in [3.63, 3.8) is 0 Å². The third kappa shape index (κ3) is 5.70. The van der Waals surface area contributed by atoms with Gasteiger partial charge in [-0.05, 0) is 29.8 Å². The van der Waals surface area contributed by atoms with E-state index in [1.807, 2.05) is 30.3 Å². The van der Waals surface area contributed by atoms with Crippen LogP contribution in [0.2, 0.25) is 0 Å². The molecule has 2 fully saturated rings. The number of cyclic esters (lactones) is 1. The zero-order chi connectivity index (χ0) is 22.3. The lowest BCUT2D eigenvalue weighted by Crippen LogP contribution is -2.52. The van der Waals surface area contributed by atoms with Crippen molar-refractivity contribution in [2.24, 2.45) is 0 Å². The van der Waals surface area contributed by atoms with E-state index in [0.29, 0.717) is 6.54 Å². The van der Waals surface area contributed by atoms with E-state index < -0.39 is 12.2 Å². The van der Waals surface area contributed by atoms with Crippen LogP contribution in [0.25, 0.3) is 0 Å². The van der Waals surface area contributed by atoms with Gasteiger partial charge in [0, 0.05) is 38.4 Å². The number of ether oxygens (including phenoxy) is 3. The lowest BCUT2D eigenvalue weighted by atomic mass is 10.1. The van der Waals surface area contributed by atoms with Gasteiger partial charge in [-0.2, -0.15) is 0 Å². The van der Waals surface area contributed by atoms with E-state index in [0.717, 1.165) is 37.5 Å². The first-order chi connectivity index (χ1) is 15.6. The third-order valence-electron chi connectivity index (χ3n) is 5.88. The number of alkyl carbamates (subject to hydrolysis) is 1. The molecular weight excluding hydrogens is 410 g/mol. The molecule has 4 rings (SSSR count). The van der Waals surface area contributed by atoms with Crippen LogP contribution >= 0.6 is 0 Å². The van der Waals surface area contributed by atoms with Crippen LogP contribution in [-0.2, 0) is 20.7 Å². The summed E-state index contributed by atoms with van der Waals surface area (Å²) in [6.07, 6.45) is -0.798. The van der Waals surface area contributed by atoms with Gasteiger partial charge in [-0.3, -0.25) is 9.69 Å². The fraction of sp³-hybridized carbons (Fsp3) is 0.417. The van der Waals surface area contributed by atoms with Crippen LogP contribution < -0.4 is 15.0 Å². The van der Waals surface area contributed by atoms with Crippen LogP contribution in [0.3, 0.4) is 0 Å². The first kappa shape index (κ1) is 22.0. The highest BCUT2D eigenvalue weighted by molar-refractivity contribution is 5.73. The number of nitrogens with zero attached hydrogens (tertiary/aromatic N) is 2. The SMILES string of the molecule is COc1ccc(CC(=O)OC[C@H]2OC(=O)N[C@@H]2CN2CCN(c3ccccc3)CC2)cc1. The molecule has 170 valence electrons. The normalized spacial score (nSPS) is 21.0. The first-order valence-corrected chi connectivity index (χ1v) is 10.9. The molecule has 2 heterocycles. The zero-order valence-corrected chi connectivity index (χ0v) is 18.2. The highest BCUT2D eigenvalue weighted by Gasteiger charge is 2.36. The number of amides is 1. The van der Waals surface area contributed by atoms with Crippen LogP contribution in [0.5, 0.6) is 5.75 Å². The molecule has 2 aliphatic heterocycles. The number of hydrogen-bond donors (Lipinski definition) is 1. The molecule has 0 unspecified atom stereocenters. The van der Waals surface area contributed by atoms with Gasteiger partial charge >= 0.3 is 12.1 Å². The van der Waals surface area contributed by atoms with Gasteiger partial charge < -0.3 is 24.4 Å². The summed E-state index contributed by atoms with van der Waals surface area (Å²) in [4.78, 5) is 28.7. The smallest absolute Gasteiger partial charge is 0.408 e. The maximum atomic E-state index is 12.2.